The summed E-state index contributed by atoms with van der Waals surface area (Å²) >= 11 is 0. The molecule has 20 heavy (non-hydrogen) atoms. The third kappa shape index (κ3) is 1.91. The Bertz CT molecular complexity index is 553. The number of hydrogen-bond acceptors (Lipinski definition) is 3. The molecule has 0 aromatic heterocycles. The van der Waals surface area contributed by atoms with Crippen LogP contribution >= 0.6 is 0 Å². The van der Waals surface area contributed by atoms with Gasteiger partial charge >= 0.3 is 5.97 Å². The first-order valence-corrected chi connectivity index (χ1v) is 6.70. The van der Waals surface area contributed by atoms with E-state index >= 15 is 0 Å². The maximum Gasteiger partial charge on any atom is 0.321 e. The first kappa shape index (κ1) is 12.9. The van der Waals surface area contributed by atoms with Gasteiger partial charge in [-0.1, -0.05) is 60.7 Å². The predicted octanol–water partition coefficient (Wildman–Crippen LogP) is 2.28. The highest BCUT2D eigenvalue weighted by atomic mass is 16.6. The van der Waals surface area contributed by atoms with Crippen molar-refractivity contribution >= 4 is 5.97 Å². The Labute approximate surface area is 117 Å². The number of ether oxygens (including phenoxy) is 1. The van der Waals surface area contributed by atoms with Gasteiger partial charge in [0.05, 0.1) is 6.61 Å². The molecule has 0 amide bonds. The molecule has 3 nitrogen and oxygen atoms in total. The smallest absolute Gasteiger partial charge is 0.321 e. The molecule has 1 saturated heterocycles. The molecular weight excluding hydrogens is 252 g/mol. The Morgan fingerprint density at radius 2 is 1.50 bits per heavy atom. The van der Waals surface area contributed by atoms with Crippen molar-refractivity contribution in [2.75, 3.05) is 6.61 Å². The predicted molar refractivity (Wildman–Crippen MR) is 75.2 cm³/mol. The van der Waals surface area contributed by atoms with Gasteiger partial charge in [0, 0.05) is 6.42 Å². The lowest BCUT2D eigenvalue weighted by atomic mass is 9.72. The van der Waals surface area contributed by atoms with Crippen molar-refractivity contribution in [1.82, 2.24) is 0 Å². The standard InChI is InChI=1S/C17H16O3/c18-12-15-11-17(16(19)20-15,13-7-3-1-4-8-13)14-9-5-2-6-10-14/h1-10,15,18H,11-12H2/t15-/m0/s1. The lowest BCUT2D eigenvalue weighted by Gasteiger charge is -2.26. The quantitative estimate of drug-likeness (QED) is 0.869. The molecule has 2 aromatic rings. The number of aliphatic hydroxyl groups is 1. The van der Waals surface area contributed by atoms with Crippen LogP contribution in [0.3, 0.4) is 0 Å². The molecule has 1 fully saturated rings. The minimum Gasteiger partial charge on any atom is -0.459 e. The van der Waals surface area contributed by atoms with Gasteiger partial charge in [0.15, 0.2) is 0 Å². The molecule has 3 rings (SSSR count). The van der Waals surface area contributed by atoms with Gasteiger partial charge in [-0.05, 0) is 11.1 Å². The topological polar surface area (TPSA) is 46.5 Å². The molecule has 3 heteroatoms. The van der Waals surface area contributed by atoms with E-state index in [4.69, 9.17) is 4.74 Å². The van der Waals surface area contributed by atoms with Crippen molar-refractivity contribution in [3.8, 4) is 0 Å². The van der Waals surface area contributed by atoms with Crippen LogP contribution in [0.5, 0.6) is 0 Å². The zero-order chi connectivity index (χ0) is 14.0. The number of hydrogen-bond donors (Lipinski definition) is 1. The average Bonchev–Trinajstić information content (AvgIpc) is 2.87. The molecule has 0 bridgehead atoms. The van der Waals surface area contributed by atoms with Crippen LogP contribution in [-0.2, 0) is 14.9 Å². The Morgan fingerprint density at radius 3 is 1.90 bits per heavy atom. The molecule has 0 spiro atoms. The SMILES string of the molecule is O=C1O[C@H](CO)CC1(c1ccccc1)c1ccccc1. The fourth-order valence-electron chi connectivity index (χ4n) is 2.90. The minimum atomic E-state index is -0.810. The van der Waals surface area contributed by atoms with E-state index in [1.165, 1.54) is 0 Å². The summed E-state index contributed by atoms with van der Waals surface area (Å²) < 4.78 is 5.35. The number of esters is 1. The van der Waals surface area contributed by atoms with Gasteiger partial charge in [-0.25, -0.2) is 0 Å². The highest BCUT2D eigenvalue weighted by Gasteiger charge is 2.51. The first-order valence-electron chi connectivity index (χ1n) is 6.70. The van der Waals surface area contributed by atoms with Crippen LogP contribution in [0, 0.1) is 0 Å². The maximum atomic E-state index is 12.5. The number of rotatable bonds is 3. The molecular formula is C17H16O3. The molecule has 0 radical (unpaired) electrons. The van der Waals surface area contributed by atoms with Crippen LogP contribution in [0.15, 0.2) is 60.7 Å². The monoisotopic (exact) mass is 268 g/mol. The van der Waals surface area contributed by atoms with Gasteiger partial charge in [0.1, 0.15) is 11.5 Å². The second-order valence-electron chi connectivity index (χ2n) is 5.05. The summed E-state index contributed by atoms with van der Waals surface area (Å²) in [5.41, 5.74) is 1.01. The Hall–Kier alpha value is -2.13. The summed E-state index contributed by atoms with van der Waals surface area (Å²) in [5, 5.41) is 9.33. The summed E-state index contributed by atoms with van der Waals surface area (Å²) in [6.07, 6.45) is 0.0269. The van der Waals surface area contributed by atoms with Crippen LogP contribution < -0.4 is 0 Å². The molecule has 1 aliphatic rings. The minimum absolute atomic E-state index is 0.146. The summed E-state index contributed by atoms with van der Waals surface area (Å²) in [5.74, 6) is -0.283. The van der Waals surface area contributed by atoms with E-state index in [-0.39, 0.29) is 12.6 Å². The highest BCUT2D eigenvalue weighted by molar-refractivity contribution is 5.89. The lowest BCUT2D eigenvalue weighted by Crippen LogP contribution is -2.33. The van der Waals surface area contributed by atoms with Gasteiger partial charge in [0.25, 0.3) is 0 Å². The number of benzene rings is 2. The van der Waals surface area contributed by atoms with Crippen molar-refractivity contribution in [3.63, 3.8) is 0 Å². The third-order valence-corrected chi connectivity index (χ3v) is 3.89. The Morgan fingerprint density at radius 1 is 1.00 bits per heavy atom. The van der Waals surface area contributed by atoms with Crippen molar-refractivity contribution < 1.29 is 14.6 Å². The molecule has 0 saturated carbocycles. The van der Waals surface area contributed by atoms with Crippen molar-refractivity contribution in [2.45, 2.75) is 17.9 Å². The molecule has 1 heterocycles. The van der Waals surface area contributed by atoms with E-state index in [1.54, 1.807) is 0 Å². The number of aliphatic hydroxyl groups excluding tert-OH is 1. The van der Waals surface area contributed by atoms with Gasteiger partial charge in [-0.2, -0.15) is 0 Å². The largest absolute Gasteiger partial charge is 0.459 e. The third-order valence-electron chi connectivity index (χ3n) is 3.89. The first-order chi connectivity index (χ1) is 9.77. The second kappa shape index (κ2) is 5.10. The molecule has 102 valence electrons. The van der Waals surface area contributed by atoms with E-state index in [0.717, 1.165) is 11.1 Å². The molecule has 0 aliphatic carbocycles. The lowest BCUT2D eigenvalue weighted by molar-refractivity contribution is -0.145. The van der Waals surface area contributed by atoms with Gasteiger partial charge < -0.3 is 9.84 Å². The van der Waals surface area contributed by atoms with Crippen LogP contribution in [0.4, 0.5) is 0 Å². The molecule has 1 atom stereocenters. The second-order valence-corrected chi connectivity index (χ2v) is 5.05. The van der Waals surface area contributed by atoms with Gasteiger partial charge in [-0.3, -0.25) is 4.79 Å². The number of cyclic esters (lactones) is 1. The number of carbonyl (C=O) groups excluding carboxylic acids is 1. The molecule has 1 aliphatic heterocycles. The van der Waals surface area contributed by atoms with E-state index in [0.29, 0.717) is 6.42 Å². The fraction of sp³-hybridized carbons (Fsp3) is 0.235. The van der Waals surface area contributed by atoms with Crippen molar-refractivity contribution in [1.29, 1.82) is 0 Å². The zero-order valence-corrected chi connectivity index (χ0v) is 11.0. The van der Waals surface area contributed by atoms with Gasteiger partial charge in [0.2, 0.25) is 0 Å². The van der Waals surface area contributed by atoms with E-state index in [2.05, 4.69) is 0 Å². The van der Waals surface area contributed by atoms with Crippen molar-refractivity contribution in [2.24, 2.45) is 0 Å². The summed E-state index contributed by atoms with van der Waals surface area (Å²) in [4.78, 5) is 12.5. The van der Waals surface area contributed by atoms with Crippen LogP contribution in [0.1, 0.15) is 17.5 Å². The molecule has 0 unspecified atom stereocenters. The summed E-state index contributed by atoms with van der Waals surface area (Å²) in [7, 11) is 0. The zero-order valence-electron chi connectivity index (χ0n) is 11.0. The van der Waals surface area contributed by atoms with E-state index in [1.807, 2.05) is 60.7 Å². The Kier molecular flexibility index (Phi) is 3.28. The summed E-state index contributed by atoms with van der Waals surface area (Å²) in [6.45, 7) is -0.146. The molecule has 2 aromatic carbocycles. The summed E-state index contributed by atoms with van der Waals surface area (Å²) in [6, 6.07) is 19.3. The van der Waals surface area contributed by atoms with Crippen LogP contribution in [0.25, 0.3) is 0 Å². The van der Waals surface area contributed by atoms with Gasteiger partial charge in [-0.15, -0.1) is 0 Å². The Balaban J connectivity index is 2.17. The van der Waals surface area contributed by atoms with Crippen LogP contribution in [0.2, 0.25) is 0 Å². The fourth-order valence-corrected chi connectivity index (χ4v) is 2.90. The van der Waals surface area contributed by atoms with Crippen molar-refractivity contribution in [3.05, 3.63) is 71.8 Å². The average molecular weight is 268 g/mol. The highest BCUT2D eigenvalue weighted by Crippen LogP contribution is 2.43. The normalized spacial score (nSPS) is 20.6. The van der Waals surface area contributed by atoms with Crippen LogP contribution in [-0.4, -0.2) is 23.8 Å². The van der Waals surface area contributed by atoms with E-state index < -0.39 is 11.5 Å². The number of carbonyl (C=O) groups is 1. The molecule has 1 N–H and O–H groups in total. The van der Waals surface area contributed by atoms with E-state index in [9.17, 15) is 9.90 Å². The maximum absolute atomic E-state index is 12.5.